The van der Waals surface area contributed by atoms with Gasteiger partial charge < -0.3 is 31.5 Å². The Bertz CT molecular complexity index is 1270. The second-order valence-corrected chi connectivity index (χ2v) is 12.1. The van der Waals surface area contributed by atoms with Crippen LogP contribution in [0.15, 0.2) is 60.7 Å². The van der Waals surface area contributed by atoms with Crippen LogP contribution in [0.2, 0.25) is 0 Å². The summed E-state index contributed by atoms with van der Waals surface area (Å²) in [4.78, 5) is 65.8. The van der Waals surface area contributed by atoms with E-state index in [1.165, 1.54) is 19.4 Å². The minimum Gasteiger partial charge on any atom is -0.444 e. The van der Waals surface area contributed by atoms with Crippen molar-refractivity contribution in [2.75, 3.05) is 19.7 Å². The van der Waals surface area contributed by atoms with Gasteiger partial charge in [0.1, 0.15) is 18.7 Å². The minimum atomic E-state index is -1.32. The van der Waals surface area contributed by atoms with E-state index in [9.17, 15) is 29.1 Å². The van der Waals surface area contributed by atoms with Crippen molar-refractivity contribution in [3.05, 3.63) is 71.8 Å². The Balaban J connectivity index is 2.04. The molecule has 2 rings (SSSR count). The highest BCUT2D eigenvalue weighted by Gasteiger charge is 2.36. The van der Waals surface area contributed by atoms with Crippen molar-refractivity contribution < 1.29 is 33.8 Å². The van der Waals surface area contributed by atoms with Crippen LogP contribution in [-0.4, -0.2) is 77.6 Å². The lowest BCUT2D eigenvalue weighted by Crippen LogP contribution is -2.57. The number of carbonyl (C=O) groups excluding carboxylic acids is 5. The Kier molecular flexibility index (Phi) is 17.2. The van der Waals surface area contributed by atoms with Crippen LogP contribution in [-0.2, 0) is 36.9 Å². The molecule has 12 nitrogen and oxygen atoms in total. The molecule has 6 N–H and O–H groups in total. The first-order valence-corrected chi connectivity index (χ1v) is 16.2. The molecule has 1 unspecified atom stereocenters. The van der Waals surface area contributed by atoms with E-state index in [-0.39, 0.29) is 31.4 Å². The van der Waals surface area contributed by atoms with Crippen LogP contribution >= 0.6 is 0 Å². The van der Waals surface area contributed by atoms with Gasteiger partial charge in [-0.05, 0) is 50.2 Å². The molecule has 258 valence electrons. The van der Waals surface area contributed by atoms with Gasteiger partial charge in [-0.1, -0.05) is 80.9 Å². The Hall–Kier alpha value is -4.29. The molecule has 0 spiro atoms. The number of nitrogens with one attached hydrogen (secondary N) is 3. The number of benzene rings is 2. The zero-order chi connectivity index (χ0) is 34.8. The van der Waals surface area contributed by atoms with E-state index in [2.05, 4.69) is 28.1 Å². The highest BCUT2D eigenvalue weighted by Crippen LogP contribution is 2.12. The number of ether oxygens (including phenoxy) is 1. The van der Waals surface area contributed by atoms with E-state index in [0.29, 0.717) is 23.4 Å². The summed E-state index contributed by atoms with van der Waals surface area (Å²) in [5.74, 6) is -3.14. The van der Waals surface area contributed by atoms with Crippen molar-refractivity contribution in [2.24, 2.45) is 17.6 Å². The summed E-state index contributed by atoms with van der Waals surface area (Å²) in [6.07, 6.45) is 2.44. The van der Waals surface area contributed by atoms with Gasteiger partial charge in [-0.15, -0.1) is 0 Å². The van der Waals surface area contributed by atoms with Crippen LogP contribution in [0, 0.1) is 11.8 Å². The van der Waals surface area contributed by atoms with Crippen LogP contribution in [0.5, 0.6) is 0 Å². The number of carbonyl (C=O) groups is 5. The fraction of sp³-hybridized carbons (Fsp3) is 0.514. The molecule has 0 saturated heterocycles. The Morgan fingerprint density at radius 3 is 1.98 bits per heavy atom. The monoisotopic (exact) mass is 653 g/mol. The molecule has 0 aliphatic rings. The molecule has 0 fully saturated rings. The van der Waals surface area contributed by atoms with E-state index >= 15 is 0 Å². The van der Waals surface area contributed by atoms with Crippen molar-refractivity contribution in [1.29, 1.82) is 0 Å². The van der Waals surface area contributed by atoms with Crippen LogP contribution in [0.4, 0.5) is 4.79 Å². The molecule has 0 aliphatic heterocycles. The highest BCUT2D eigenvalue weighted by molar-refractivity contribution is 5.99. The molecule has 0 radical (unpaired) electrons. The van der Waals surface area contributed by atoms with Crippen LogP contribution in [0.25, 0.3) is 0 Å². The number of hydrogen-bond donors (Lipinski definition) is 5. The van der Waals surface area contributed by atoms with Crippen LogP contribution in [0.1, 0.15) is 64.5 Å². The number of hydrogen-bond acceptors (Lipinski definition) is 8. The average molecular weight is 654 g/mol. The normalized spacial score (nSPS) is 13.5. The molecule has 47 heavy (non-hydrogen) atoms. The number of amides is 5. The minimum absolute atomic E-state index is 0.122. The van der Waals surface area contributed by atoms with E-state index in [4.69, 9.17) is 10.5 Å². The average Bonchev–Trinajstić information content (AvgIpc) is 3.06. The van der Waals surface area contributed by atoms with Crippen LogP contribution in [0.3, 0.4) is 0 Å². The highest BCUT2D eigenvalue weighted by atomic mass is 16.6. The van der Waals surface area contributed by atoms with Gasteiger partial charge in [0.25, 0.3) is 0 Å². The largest absolute Gasteiger partial charge is 0.444 e. The van der Waals surface area contributed by atoms with Crippen molar-refractivity contribution in [2.45, 2.75) is 84.5 Å². The Labute approximate surface area is 277 Å². The number of nitrogens with zero attached hydrogens (tertiary/aromatic N) is 1. The zero-order valence-electron chi connectivity index (χ0n) is 27.9. The fourth-order valence-electron chi connectivity index (χ4n) is 4.73. The molecule has 4 atom stereocenters. The first kappa shape index (κ1) is 38.9. The molecule has 12 heteroatoms. The van der Waals surface area contributed by atoms with E-state index < -0.39 is 54.5 Å². The van der Waals surface area contributed by atoms with E-state index in [0.717, 1.165) is 19.3 Å². The molecule has 0 aromatic heterocycles. The first-order chi connectivity index (χ1) is 22.4. The number of nitrogens with two attached hydrogens (primary N) is 1. The predicted molar refractivity (Wildman–Crippen MR) is 179 cm³/mol. The number of rotatable bonds is 19. The summed E-state index contributed by atoms with van der Waals surface area (Å²) in [6, 6.07) is 15.4. The van der Waals surface area contributed by atoms with Crippen molar-refractivity contribution in [3.8, 4) is 0 Å². The zero-order valence-corrected chi connectivity index (χ0v) is 27.9. The maximum Gasteiger partial charge on any atom is 0.417 e. The molecule has 0 bridgehead atoms. The summed E-state index contributed by atoms with van der Waals surface area (Å²) < 4.78 is 5.30. The quantitative estimate of drug-likeness (QED) is 0.144. The molecule has 0 saturated carbocycles. The summed E-state index contributed by atoms with van der Waals surface area (Å²) in [5, 5.41) is 18.4. The van der Waals surface area contributed by atoms with Gasteiger partial charge in [0.2, 0.25) is 23.6 Å². The number of unbranched alkanes of at least 4 members (excludes halogenated alkanes) is 2. The molecule has 0 heterocycles. The Morgan fingerprint density at radius 1 is 0.809 bits per heavy atom. The molecule has 2 aromatic rings. The maximum absolute atomic E-state index is 13.2. The molecule has 2 aromatic carbocycles. The fourth-order valence-corrected chi connectivity index (χ4v) is 4.73. The molecular weight excluding hydrogens is 602 g/mol. The van der Waals surface area contributed by atoms with E-state index in [1.54, 1.807) is 24.3 Å². The number of imide groups is 1. The van der Waals surface area contributed by atoms with Gasteiger partial charge in [0, 0.05) is 25.4 Å². The van der Waals surface area contributed by atoms with Gasteiger partial charge in [-0.25, -0.2) is 9.69 Å². The van der Waals surface area contributed by atoms with Gasteiger partial charge in [0.05, 0.1) is 12.6 Å². The number of aliphatic hydroxyl groups is 1. The van der Waals surface area contributed by atoms with E-state index in [1.807, 2.05) is 38.1 Å². The van der Waals surface area contributed by atoms with Gasteiger partial charge in [-0.3, -0.25) is 19.2 Å². The molecule has 0 aliphatic carbocycles. The topological polar surface area (TPSA) is 180 Å². The second-order valence-electron chi connectivity index (χ2n) is 12.1. The summed E-state index contributed by atoms with van der Waals surface area (Å²) in [7, 11) is 0. The third-order valence-corrected chi connectivity index (χ3v) is 7.54. The van der Waals surface area contributed by atoms with Gasteiger partial charge in [0.15, 0.2) is 0 Å². The summed E-state index contributed by atoms with van der Waals surface area (Å²) in [5.41, 5.74) is 7.68. The second kappa shape index (κ2) is 20.8. The van der Waals surface area contributed by atoms with Crippen molar-refractivity contribution in [1.82, 2.24) is 20.9 Å². The maximum atomic E-state index is 13.2. The third kappa shape index (κ3) is 13.9. The standard InChI is InChI=1S/C35H51N5O7/c1-24(2)20-37-33(44)31(39-30(42)19-13-7-10-16-27-14-8-5-9-15-27)29(22-41)21-38-32(43)26(4)40(34(45)25(3)36)35(46)47-23-28-17-11-6-12-18-28/h5-6,8-9,11-12,14-15,17-18,24-26,29,31,41H,7,10,13,16,19-23,36H2,1-4H3,(H,37,44)(H,38,43)(H,39,42)/t25-,26-,29?,31-/m0/s1. The van der Waals surface area contributed by atoms with Crippen molar-refractivity contribution in [3.63, 3.8) is 0 Å². The van der Waals surface area contributed by atoms with Crippen molar-refractivity contribution >= 4 is 29.7 Å². The van der Waals surface area contributed by atoms with Gasteiger partial charge in [-0.2, -0.15) is 0 Å². The summed E-state index contributed by atoms with van der Waals surface area (Å²) in [6.45, 7) is 6.06. The van der Waals surface area contributed by atoms with Gasteiger partial charge >= 0.3 is 6.09 Å². The smallest absolute Gasteiger partial charge is 0.417 e. The summed E-state index contributed by atoms with van der Waals surface area (Å²) >= 11 is 0. The Morgan fingerprint density at radius 2 is 1.40 bits per heavy atom. The lowest BCUT2D eigenvalue weighted by atomic mass is 9.98. The first-order valence-electron chi connectivity index (χ1n) is 16.2. The predicted octanol–water partition coefficient (Wildman–Crippen LogP) is 2.67. The lowest BCUT2D eigenvalue weighted by molar-refractivity contribution is -0.139. The third-order valence-electron chi connectivity index (χ3n) is 7.54. The number of aryl methyl sites for hydroxylation is 1. The molecular formula is C35H51N5O7. The molecule has 5 amide bonds. The van der Waals surface area contributed by atoms with Crippen LogP contribution < -0.4 is 21.7 Å². The lowest BCUT2D eigenvalue weighted by Gasteiger charge is -2.29. The number of aliphatic hydroxyl groups excluding tert-OH is 1. The SMILES string of the molecule is CC(C)CNC(=O)[C@@H](NC(=O)CCCCCc1ccccc1)C(CO)CNC(=O)[C@H](C)N(C(=O)OCc1ccccc1)C(=O)[C@H](C)N.